The van der Waals surface area contributed by atoms with Gasteiger partial charge in [-0.05, 0) is 24.6 Å². The Balaban J connectivity index is 3.03. The van der Waals surface area contributed by atoms with Crippen LogP contribution >= 0.6 is 0 Å². The molecule has 0 aliphatic heterocycles. The van der Waals surface area contributed by atoms with Gasteiger partial charge in [0, 0.05) is 20.6 Å². The van der Waals surface area contributed by atoms with E-state index in [-0.39, 0.29) is 17.4 Å². The lowest BCUT2D eigenvalue weighted by molar-refractivity contribution is -0.129. The summed E-state index contributed by atoms with van der Waals surface area (Å²) in [4.78, 5) is 11.1. The van der Waals surface area contributed by atoms with Crippen molar-refractivity contribution >= 4 is 5.91 Å². The van der Waals surface area contributed by atoms with Crippen molar-refractivity contribution in [2.45, 2.75) is 26.2 Å². The predicted octanol–water partition coefficient (Wildman–Crippen LogP) is 1.28. The average Bonchev–Trinajstić information content (AvgIpc) is 2.36. The summed E-state index contributed by atoms with van der Waals surface area (Å²) in [6.07, 6.45) is -1.26. The summed E-state index contributed by atoms with van der Waals surface area (Å²) >= 11 is 0. The quantitative estimate of drug-likeness (QED) is 0.535. The molecule has 1 aromatic carbocycles. The molecule has 0 heterocycles. The maximum Gasteiger partial charge on any atom is 0.218 e. The second-order valence-electron chi connectivity index (χ2n) is 3.98. The van der Waals surface area contributed by atoms with Gasteiger partial charge in [-0.1, -0.05) is 6.07 Å². The molecule has 0 saturated heterocycles. The van der Waals surface area contributed by atoms with E-state index in [0.29, 0.717) is 12.2 Å². The van der Waals surface area contributed by atoms with Gasteiger partial charge >= 0.3 is 0 Å². The number of rotatable bonds is 6. The minimum Gasteiger partial charge on any atom is -0.504 e. The van der Waals surface area contributed by atoms with Gasteiger partial charge in [-0.2, -0.15) is 0 Å². The molecule has 1 aromatic rings. The molecule has 3 N–H and O–H groups in total. The topological polar surface area (TPSA) is 88.0 Å². The van der Waals surface area contributed by atoms with Crippen LogP contribution in [0.5, 0.6) is 11.5 Å². The molecule has 0 aromatic heterocycles. The summed E-state index contributed by atoms with van der Waals surface area (Å²) in [5.74, 6) is -0.716. The van der Waals surface area contributed by atoms with Crippen LogP contribution in [-0.4, -0.2) is 36.1 Å². The third-order valence-electron chi connectivity index (χ3n) is 2.55. The molecule has 0 unspecified atom stereocenters. The number of ether oxygens (including phenoxy) is 2. The van der Waals surface area contributed by atoms with Crippen molar-refractivity contribution in [1.82, 2.24) is 5.32 Å². The van der Waals surface area contributed by atoms with E-state index in [4.69, 9.17) is 9.47 Å². The van der Waals surface area contributed by atoms with Gasteiger partial charge in [0.2, 0.25) is 5.91 Å². The molecule has 0 fully saturated rings. The second kappa shape index (κ2) is 6.96. The molecule has 2 atom stereocenters. The van der Waals surface area contributed by atoms with E-state index >= 15 is 0 Å². The molecular formula is C13H19NO5. The Bertz CT molecular complexity index is 435. The van der Waals surface area contributed by atoms with Crippen LogP contribution in [0.3, 0.4) is 0 Å². The number of hydrogen-bond donors (Lipinski definition) is 3. The molecule has 0 radical (unpaired) electrons. The Morgan fingerprint density at radius 2 is 2.05 bits per heavy atom. The van der Waals surface area contributed by atoms with Crippen molar-refractivity contribution in [2.75, 3.05) is 13.7 Å². The fourth-order valence-corrected chi connectivity index (χ4v) is 1.71. The summed E-state index contributed by atoms with van der Waals surface area (Å²) in [7, 11) is 1.45. The van der Waals surface area contributed by atoms with Gasteiger partial charge in [-0.15, -0.1) is 0 Å². The molecule has 0 spiro atoms. The van der Waals surface area contributed by atoms with Crippen LogP contribution < -0.4 is 5.32 Å². The van der Waals surface area contributed by atoms with Gasteiger partial charge in [0.25, 0.3) is 0 Å². The average molecular weight is 269 g/mol. The first-order valence-electron chi connectivity index (χ1n) is 5.93. The largest absolute Gasteiger partial charge is 0.504 e. The van der Waals surface area contributed by atoms with Crippen molar-refractivity contribution in [3.63, 3.8) is 0 Å². The Morgan fingerprint density at radius 3 is 2.53 bits per heavy atom. The van der Waals surface area contributed by atoms with Crippen molar-refractivity contribution in [2.24, 2.45) is 0 Å². The first-order valence-corrected chi connectivity index (χ1v) is 5.93. The number of methoxy groups -OCH3 is 1. The monoisotopic (exact) mass is 269 g/mol. The van der Waals surface area contributed by atoms with Gasteiger partial charge in [0.05, 0.1) is 0 Å². The van der Waals surface area contributed by atoms with Gasteiger partial charge in [0.15, 0.2) is 17.7 Å². The third-order valence-corrected chi connectivity index (χ3v) is 2.55. The number of carbonyl (C=O) groups excluding carboxylic acids is 1. The highest BCUT2D eigenvalue weighted by atomic mass is 16.5. The summed E-state index contributed by atoms with van der Waals surface area (Å²) < 4.78 is 10.7. The third kappa shape index (κ3) is 4.11. The zero-order chi connectivity index (χ0) is 14.4. The molecule has 19 heavy (non-hydrogen) atoms. The summed E-state index contributed by atoms with van der Waals surface area (Å²) in [6.45, 7) is 3.60. The van der Waals surface area contributed by atoms with Crippen LogP contribution in [0.1, 0.15) is 25.5 Å². The molecule has 6 nitrogen and oxygen atoms in total. The zero-order valence-electron chi connectivity index (χ0n) is 11.2. The number of carbonyl (C=O) groups is 1. The summed E-state index contributed by atoms with van der Waals surface area (Å²) in [5.41, 5.74) is 0.595. The van der Waals surface area contributed by atoms with Crippen molar-refractivity contribution in [3.05, 3.63) is 23.8 Å². The minimum atomic E-state index is -0.679. The van der Waals surface area contributed by atoms with Crippen LogP contribution in [-0.2, 0) is 14.3 Å². The lowest BCUT2D eigenvalue weighted by Gasteiger charge is -2.26. The Labute approximate surface area is 112 Å². The standard InChI is InChI=1S/C13H19NO5/c1-4-19-12(13(18-3)14-8(2)15)9-5-6-10(16)11(17)7-9/h5-7,12-13,16-17H,4H2,1-3H3,(H,14,15)/t12-,13-/m1/s1. The Hall–Kier alpha value is -1.79. The number of aromatic hydroxyl groups is 2. The van der Waals surface area contributed by atoms with Gasteiger partial charge in [0.1, 0.15) is 6.10 Å². The predicted molar refractivity (Wildman–Crippen MR) is 68.8 cm³/mol. The van der Waals surface area contributed by atoms with Crippen LogP contribution in [0.15, 0.2) is 18.2 Å². The molecule has 0 bridgehead atoms. The molecular weight excluding hydrogens is 250 g/mol. The highest BCUT2D eigenvalue weighted by molar-refractivity contribution is 5.73. The molecule has 0 aliphatic rings. The lowest BCUT2D eigenvalue weighted by Crippen LogP contribution is -2.40. The molecule has 6 heteroatoms. The van der Waals surface area contributed by atoms with Crippen molar-refractivity contribution < 1.29 is 24.5 Å². The van der Waals surface area contributed by atoms with Crippen LogP contribution in [0, 0.1) is 0 Å². The van der Waals surface area contributed by atoms with Crippen LogP contribution in [0.4, 0.5) is 0 Å². The van der Waals surface area contributed by atoms with Crippen molar-refractivity contribution in [3.8, 4) is 11.5 Å². The van der Waals surface area contributed by atoms with Crippen molar-refractivity contribution in [1.29, 1.82) is 0 Å². The number of phenolic OH excluding ortho intramolecular Hbond substituents is 2. The fourth-order valence-electron chi connectivity index (χ4n) is 1.71. The maximum absolute atomic E-state index is 11.1. The van der Waals surface area contributed by atoms with E-state index in [9.17, 15) is 15.0 Å². The van der Waals surface area contributed by atoms with E-state index in [2.05, 4.69) is 5.32 Å². The first kappa shape index (κ1) is 15.3. The molecule has 0 aliphatic carbocycles. The Morgan fingerprint density at radius 1 is 1.37 bits per heavy atom. The molecule has 1 amide bonds. The molecule has 1 rings (SSSR count). The number of nitrogens with one attached hydrogen (secondary N) is 1. The normalized spacial score (nSPS) is 13.8. The maximum atomic E-state index is 11.1. The number of hydrogen-bond acceptors (Lipinski definition) is 5. The van der Waals surface area contributed by atoms with Gasteiger partial charge in [-0.25, -0.2) is 0 Å². The smallest absolute Gasteiger partial charge is 0.218 e. The fraction of sp³-hybridized carbons (Fsp3) is 0.462. The first-order chi connectivity index (χ1) is 8.99. The summed E-state index contributed by atoms with van der Waals surface area (Å²) in [5, 5.41) is 21.4. The van der Waals surface area contributed by atoms with Gasteiger partial charge < -0.3 is 25.0 Å². The highest BCUT2D eigenvalue weighted by Crippen LogP contribution is 2.30. The minimum absolute atomic E-state index is 0.215. The highest BCUT2D eigenvalue weighted by Gasteiger charge is 2.25. The Kier molecular flexibility index (Phi) is 5.59. The molecule has 0 saturated carbocycles. The van der Waals surface area contributed by atoms with E-state index in [1.54, 1.807) is 6.07 Å². The number of benzene rings is 1. The summed E-state index contributed by atoms with van der Waals surface area (Å²) in [6, 6.07) is 4.34. The van der Waals surface area contributed by atoms with E-state index < -0.39 is 12.3 Å². The van der Waals surface area contributed by atoms with Crippen LogP contribution in [0.2, 0.25) is 0 Å². The van der Waals surface area contributed by atoms with Crippen LogP contribution in [0.25, 0.3) is 0 Å². The van der Waals surface area contributed by atoms with E-state index in [1.165, 1.54) is 26.2 Å². The zero-order valence-corrected chi connectivity index (χ0v) is 11.2. The number of amides is 1. The number of phenols is 2. The van der Waals surface area contributed by atoms with E-state index in [1.807, 2.05) is 6.92 Å². The lowest BCUT2D eigenvalue weighted by atomic mass is 10.1. The molecule has 106 valence electrons. The van der Waals surface area contributed by atoms with Gasteiger partial charge in [-0.3, -0.25) is 4.79 Å². The van der Waals surface area contributed by atoms with E-state index in [0.717, 1.165) is 0 Å². The second-order valence-corrected chi connectivity index (χ2v) is 3.98. The SMILES string of the molecule is CCO[C@H](c1ccc(O)c(O)c1)[C@H](NC(C)=O)OC.